The Hall–Kier alpha value is -1.13. The first-order chi connectivity index (χ1) is 8.08. The van der Waals surface area contributed by atoms with Crippen LogP contribution in [-0.4, -0.2) is 15.6 Å². The number of hydrogen-bond donors (Lipinski definition) is 0. The average Bonchev–Trinajstić information content (AvgIpc) is 2.83. The van der Waals surface area contributed by atoms with Crippen LogP contribution in [-0.2, 0) is 24.7 Å². The predicted octanol–water partition coefficient (Wildman–Crippen LogP) is 2.80. The van der Waals surface area contributed by atoms with Crippen molar-refractivity contribution in [1.29, 1.82) is 0 Å². The highest BCUT2D eigenvalue weighted by atomic mass is 35.5. The first-order valence-electron chi connectivity index (χ1n) is 5.30. The van der Waals surface area contributed by atoms with Crippen LogP contribution in [0.1, 0.15) is 16.1 Å². The third-order valence-corrected chi connectivity index (χ3v) is 3.94. The van der Waals surface area contributed by atoms with Crippen LogP contribution in [0.3, 0.4) is 0 Å². The van der Waals surface area contributed by atoms with Crippen molar-refractivity contribution in [3.63, 3.8) is 0 Å². The fourth-order valence-corrected chi connectivity index (χ4v) is 2.72. The van der Waals surface area contributed by atoms with Crippen LogP contribution in [0, 0.1) is 6.92 Å². The van der Waals surface area contributed by atoms with E-state index in [1.807, 2.05) is 24.4 Å². The van der Waals surface area contributed by atoms with Crippen LogP contribution in [0.4, 0.5) is 0 Å². The number of aromatic nitrogens is 2. The normalized spacial score (nSPS) is 10.8. The lowest BCUT2D eigenvalue weighted by Gasteiger charge is -1.99. The van der Waals surface area contributed by atoms with Crippen LogP contribution >= 0.6 is 22.9 Å². The molecular weight excluding hydrogens is 256 g/mol. The summed E-state index contributed by atoms with van der Waals surface area (Å²) in [5, 5.41) is 6.73. The SMILES string of the molecule is Cc1nn(C)c(Cl)c1CC(=O)Cc1cccs1. The zero-order chi connectivity index (χ0) is 12.4. The Morgan fingerprint density at radius 2 is 2.29 bits per heavy atom. The van der Waals surface area contributed by atoms with Crippen LogP contribution in [0.25, 0.3) is 0 Å². The van der Waals surface area contributed by atoms with E-state index in [1.165, 1.54) is 0 Å². The molecule has 0 amide bonds. The van der Waals surface area contributed by atoms with Gasteiger partial charge >= 0.3 is 0 Å². The molecule has 0 saturated carbocycles. The molecule has 0 N–H and O–H groups in total. The van der Waals surface area contributed by atoms with Crippen LogP contribution < -0.4 is 0 Å². The molecular formula is C12H13ClN2OS. The zero-order valence-corrected chi connectivity index (χ0v) is 11.3. The fourth-order valence-electron chi connectivity index (χ4n) is 1.74. The first kappa shape index (κ1) is 12.3. The van der Waals surface area contributed by atoms with Gasteiger partial charge in [0.25, 0.3) is 0 Å². The van der Waals surface area contributed by atoms with Crippen molar-refractivity contribution in [2.24, 2.45) is 7.05 Å². The van der Waals surface area contributed by atoms with Gasteiger partial charge in [-0.1, -0.05) is 17.7 Å². The lowest BCUT2D eigenvalue weighted by atomic mass is 10.1. The Balaban J connectivity index is 2.08. The van der Waals surface area contributed by atoms with Gasteiger partial charge in [0, 0.05) is 30.3 Å². The van der Waals surface area contributed by atoms with Crippen molar-refractivity contribution in [3.8, 4) is 0 Å². The van der Waals surface area contributed by atoms with Gasteiger partial charge < -0.3 is 0 Å². The number of rotatable bonds is 4. The third kappa shape index (κ3) is 2.76. The van der Waals surface area contributed by atoms with E-state index in [0.29, 0.717) is 18.0 Å². The number of carbonyl (C=O) groups excluding carboxylic acids is 1. The molecule has 0 bridgehead atoms. The van der Waals surface area contributed by atoms with Crippen molar-refractivity contribution >= 4 is 28.7 Å². The topological polar surface area (TPSA) is 34.9 Å². The number of Topliss-reactive ketones (excluding diaryl/α,β-unsaturated/α-hetero) is 1. The maximum Gasteiger partial charge on any atom is 0.142 e. The van der Waals surface area contributed by atoms with Crippen molar-refractivity contribution < 1.29 is 4.79 Å². The number of aryl methyl sites for hydroxylation is 2. The summed E-state index contributed by atoms with van der Waals surface area (Å²) in [7, 11) is 1.78. The molecule has 0 saturated heterocycles. The molecule has 0 unspecified atom stereocenters. The fraction of sp³-hybridized carbons (Fsp3) is 0.333. The minimum atomic E-state index is 0.172. The molecule has 3 nitrogen and oxygen atoms in total. The van der Waals surface area contributed by atoms with Gasteiger partial charge in [-0.15, -0.1) is 11.3 Å². The van der Waals surface area contributed by atoms with E-state index in [-0.39, 0.29) is 5.78 Å². The molecule has 90 valence electrons. The minimum Gasteiger partial charge on any atom is -0.299 e. The van der Waals surface area contributed by atoms with Crippen LogP contribution in [0.5, 0.6) is 0 Å². The maximum absolute atomic E-state index is 11.9. The summed E-state index contributed by atoms with van der Waals surface area (Å²) in [4.78, 5) is 13.0. The van der Waals surface area contributed by atoms with Gasteiger partial charge in [-0.05, 0) is 18.4 Å². The summed E-state index contributed by atoms with van der Waals surface area (Å²) in [5.74, 6) is 0.172. The highest BCUT2D eigenvalue weighted by molar-refractivity contribution is 7.10. The summed E-state index contributed by atoms with van der Waals surface area (Å²) in [6, 6.07) is 3.93. The molecule has 0 aliphatic rings. The number of hydrogen-bond acceptors (Lipinski definition) is 3. The third-order valence-electron chi connectivity index (χ3n) is 2.60. The van der Waals surface area contributed by atoms with Gasteiger partial charge in [0.1, 0.15) is 10.9 Å². The maximum atomic E-state index is 11.9. The van der Waals surface area contributed by atoms with Crippen LogP contribution in [0.2, 0.25) is 5.15 Å². The van der Waals surface area contributed by atoms with E-state index < -0.39 is 0 Å². The molecule has 5 heteroatoms. The van der Waals surface area contributed by atoms with Gasteiger partial charge in [0.2, 0.25) is 0 Å². The second kappa shape index (κ2) is 5.02. The van der Waals surface area contributed by atoms with Crippen molar-refractivity contribution in [2.75, 3.05) is 0 Å². The second-order valence-electron chi connectivity index (χ2n) is 3.95. The van der Waals surface area contributed by atoms with Gasteiger partial charge in [-0.2, -0.15) is 5.10 Å². The van der Waals surface area contributed by atoms with Crippen molar-refractivity contribution in [2.45, 2.75) is 19.8 Å². The van der Waals surface area contributed by atoms with E-state index in [9.17, 15) is 4.79 Å². The zero-order valence-electron chi connectivity index (χ0n) is 9.74. The summed E-state index contributed by atoms with van der Waals surface area (Å²) in [6.07, 6.45) is 0.832. The second-order valence-corrected chi connectivity index (χ2v) is 5.34. The monoisotopic (exact) mass is 268 g/mol. The lowest BCUT2D eigenvalue weighted by molar-refractivity contribution is -0.117. The smallest absolute Gasteiger partial charge is 0.142 e. The Bertz CT molecular complexity index is 531. The quantitative estimate of drug-likeness (QED) is 0.855. The highest BCUT2D eigenvalue weighted by Crippen LogP contribution is 2.20. The average molecular weight is 269 g/mol. The van der Waals surface area contributed by atoms with E-state index in [1.54, 1.807) is 23.1 Å². The molecule has 0 aliphatic heterocycles. The molecule has 0 spiro atoms. The number of carbonyl (C=O) groups is 1. The molecule has 0 aliphatic carbocycles. The molecule has 17 heavy (non-hydrogen) atoms. The van der Waals surface area contributed by atoms with E-state index >= 15 is 0 Å². The first-order valence-corrected chi connectivity index (χ1v) is 6.55. The molecule has 2 heterocycles. The highest BCUT2D eigenvalue weighted by Gasteiger charge is 2.15. The Kier molecular flexibility index (Phi) is 3.64. The Labute approximate surface area is 109 Å². The van der Waals surface area contributed by atoms with E-state index in [4.69, 9.17) is 11.6 Å². The predicted molar refractivity (Wildman–Crippen MR) is 69.7 cm³/mol. The number of thiophene rings is 1. The number of halogens is 1. The molecule has 0 fully saturated rings. The summed E-state index contributed by atoms with van der Waals surface area (Å²) in [6.45, 7) is 1.87. The van der Waals surface area contributed by atoms with Gasteiger partial charge in [-0.25, -0.2) is 0 Å². The molecule has 2 aromatic rings. The van der Waals surface area contributed by atoms with Crippen molar-refractivity contribution in [3.05, 3.63) is 38.8 Å². The Morgan fingerprint density at radius 3 is 2.82 bits per heavy atom. The van der Waals surface area contributed by atoms with E-state index in [2.05, 4.69) is 5.10 Å². The van der Waals surface area contributed by atoms with Gasteiger partial charge in [0.15, 0.2) is 0 Å². The van der Waals surface area contributed by atoms with Crippen LogP contribution in [0.15, 0.2) is 17.5 Å². The van der Waals surface area contributed by atoms with Gasteiger partial charge in [-0.3, -0.25) is 9.48 Å². The minimum absolute atomic E-state index is 0.172. The standard InChI is InChI=1S/C12H13ClN2OS/c1-8-11(12(13)15(2)14-8)7-9(16)6-10-4-3-5-17-10/h3-5H,6-7H2,1-2H3. The molecule has 0 radical (unpaired) electrons. The largest absolute Gasteiger partial charge is 0.299 e. The van der Waals surface area contributed by atoms with E-state index in [0.717, 1.165) is 16.1 Å². The summed E-state index contributed by atoms with van der Waals surface area (Å²) in [5.41, 5.74) is 1.67. The number of ketones is 1. The number of nitrogens with zero attached hydrogens (tertiary/aromatic N) is 2. The molecule has 0 atom stereocenters. The van der Waals surface area contributed by atoms with Gasteiger partial charge in [0.05, 0.1) is 5.69 Å². The Morgan fingerprint density at radius 1 is 1.53 bits per heavy atom. The molecule has 0 aromatic carbocycles. The molecule has 2 aromatic heterocycles. The summed E-state index contributed by atoms with van der Waals surface area (Å²) < 4.78 is 1.60. The van der Waals surface area contributed by atoms with Crippen molar-refractivity contribution in [1.82, 2.24) is 9.78 Å². The summed E-state index contributed by atoms with van der Waals surface area (Å²) >= 11 is 7.69. The molecule has 2 rings (SSSR count). The lowest BCUT2D eigenvalue weighted by Crippen LogP contribution is -2.06.